The average Bonchev–Trinajstić information content (AvgIpc) is 3.05. The van der Waals surface area contributed by atoms with E-state index in [1.165, 1.54) is 0 Å². The van der Waals surface area contributed by atoms with Gasteiger partial charge in [-0.1, -0.05) is 35.5 Å². The fourth-order valence-corrected chi connectivity index (χ4v) is 3.92. The number of oxime groups is 1. The molecule has 7 heteroatoms. The van der Waals surface area contributed by atoms with Gasteiger partial charge in [-0.2, -0.15) is 15.8 Å². The summed E-state index contributed by atoms with van der Waals surface area (Å²) in [6.45, 7) is 5.00. The minimum Gasteiger partial charge on any atom is -0.431 e. The summed E-state index contributed by atoms with van der Waals surface area (Å²) in [5.74, 6) is -2.17. The number of nitrogens with zero attached hydrogens (tertiary/aromatic N) is 4. The molecular formula is C18H15N5O2. The number of fused-ring (bicyclic) bond motifs is 1. The predicted molar refractivity (Wildman–Crippen MR) is 86.6 cm³/mol. The van der Waals surface area contributed by atoms with E-state index in [9.17, 15) is 15.8 Å². The number of ether oxygens (including phenoxy) is 1. The van der Waals surface area contributed by atoms with Gasteiger partial charge in [-0.15, -0.1) is 0 Å². The lowest BCUT2D eigenvalue weighted by Crippen LogP contribution is -2.41. The molecule has 1 aliphatic carbocycles. The third-order valence-electron chi connectivity index (χ3n) is 5.26. The van der Waals surface area contributed by atoms with Gasteiger partial charge in [0.1, 0.15) is 5.41 Å². The lowest BCUT2D eigenvalue weighted by molar-refractivity contribution is -0.236. The van der Waals surface area contributed by atoms with Crippen molar-refractivity contribution in [2.24, 2.45) is 21.4 Å². The first-order valence-corrected chi connectivity index (χ1v) is 7.60. The fourth-order valence-electron chi connectivity index (χ4n) is 3.92. The molecule has 1 aliphatic heterocycles. The van der Waals surface area contributed by atoms with E-state index in [-0.39, 0.29) is 0 Å². The molecule has 3 atom stereocenters. The van der Waals surface area contributed by atoms with E-state index in [2.05, 4.69) is 5.16 Å². The van der Waals surface area contributed by atoms with Crippen LogP contribution in [0.15, 0.2) is 35.5 Å². The zero-order chi connectivity index (χ0) is 18.5. The molecule has 1 saturated carbocycles. The second-order valence-corrected chi connectivity index (χ2v) is 6.50. The van der Waals surface area contributed by atoms with Gasteiger partial charge in [0.25, 0.3) is 0 Å². The highest BCUT2D eigenvalue weighted by molar-refractivity contribution is 5.96. The third-order valence-corrected chi connectivity index (χ3v) is 5.26. The minimum atomic E-state index is -1.77. The highest BCUT2D eigenvalue weighted by Gasteiger charge is 3.03. The molecule has 0 amide bonds. The topological polar surface area (TPSA) is 126 Å². The summed E-state index contributed by atoms with van der Waals surface area (Å²) in [5, 5.41) is 41.5. The SMILES string of the molecule is CC(C)=NO[C@]1(c2ccccc2)OC(=N)[C@]2(C#N)C(C#N)(C#N)[C@@]12C. The van der Waals surface area contributed by atoms with Crippen LogP contribution in [0.3, 0.4) is 0 Å². The van der Waals surface area contributed by atoms with Crippen LogP contribution in [0.1, 0.15) is 26.3 Å². The smallest absolute Gasteiger partial charge is 0.313 e. The highest BCUT2D eigenvalue weighted by atomic mass is 16.8. The Balaban J connectivity index is 2.34. The molecule has 2 fully saturated rings. The van der Waals surface area contributed by atoms with Crippen molar-refractivity contribution in [1.82, 2.24) is 0 Å². The molecule has 0 radical (unpaired) electrons. The Morgan fingerprint density at radius 1 is 1.12 bits per heavy atom. The zero-order valence-corrected chi connectivity index (χ0v) is 14.0. The van der Waals surface area contributed by atoms with Crippen LogP contribution in [0.5, 0.6) is 0 Å². The molecule has 7 nitrogen and oxygen atoms in total. The van der Waals surface area contributed by atoms with E-state index in [1.54, 1.807) is 51.1 Å². The molecule has 1 heterocycles. The summed E-state index contributed by atoms with van der Waals surface area (Å²) in [6, 6.07) is 14.6. The van der Waals surface area contributed by atoms with E-state index in [1.807, 2.05) is 18.2 Å². The van der Waals surface area contributed by atoms with Crippen molar-refractivity contribution in [3.63, 3.8) is 0 Å². The number of benzene rings is 1. The van der Waals surface area contributed by atoms with E-state index in [0.29, 0.717) is 11.3 Å². The Kier molecular flexibility index (Phi) is 3.18. The van der Waals surface area contributed by atoms with Crippen molar-refractivity contribution in [3.8, 4) is 18.2 Å². The van der Waals surface area contributed by atoms with Crippen molar-refractivity contribution < 1.29 is 9.57 Å². The van der Waals surface area contributed by atoms with Gasteiger partial charge >= 0.3 is 5.79 Å². The quantitative estimate of drug-likeness (QED) is 0.672. The first kappa shape index (κ1) is 16.5. The molecule has 2 aliphatic rings. The van der Waals surface area contributed by atoms with Gasteiger partial charge in [0, 0.05) is 5.56 Å². The average molecular weight is 333 g/mol. The van der Waals surface area contributed by atoms with Gasteiger partial charge in [0.05, 0.1) is 23.9 Å². The summed E-state index contributed by atoms with van der Waals surface area (Å²) < 4.78 is 5.73. The maximum absolute atomic E-state index is 9.79. The summed E-state index contributed by atoms with van der Waals surface area (Å²) in [7, 11) is 0. The van der Waals surface area contributed by atoms with Crippen molar-refractivity contribution in [3.05, 3.63) is 35.9 Å². The second-order valence-electron chi connectivity index (χ2n) is 6.50. The molecular weight excluding hydrogens is 318 g/mol. The Morgan fingerprint density at radius 3 is 2.16 bits per heavy atom. The van der Waals surface area contributed by atoms with E-state index >= 15 is 0 Å². The van der Waals surface area contributed by atoms with Crippen LogP contribution in [-0.2, 0) is 15.4 Å². The number of rotatable bonds is 3. The van der Waals surface area contributed by atoms with E-state index in [4.69, 9.17) is 15.0 Å². The molecule has 25 heavy (non-hydrogen) atoms. The lowest BCUT2D eigenvalue weighted by atomic mass is 9.83. The van der Waals surface area contributed by atoms with Gasteiger partial charge in [0.15, 0.2) is 10.8 Å². The van der Waals surface area contributed by atoms with Crippen LogP contribution in [0.4, 0.5) is 0 Å². The standard InChI is InChI=1S/C18H15N5O2/c1-12(2)23-25-18(13-7-5-4-6-8-13)15(3)16(9-19,10-20)17(15,11-21)14(22)24-18/h4-8,22H,1-3H3/t15-,17+,18+/m1/s1. The molecule has 1 N–H and O–H groups in total. The summed E-state index contributed by atoms with van der Waals surface area (Å²) in [4.78, 5) is 5.72. The minimum absolute atomic E-state index is 0.451. The number of nitriles is 3. The van der Waals surface area contributed by atoms with Gasteiger partial charge < -0.3 is 9.57 Å². The Hall–Kier alpha value is -3.37. The molecule has 0 unspecified atom stereocenters. The second kappa shape index (κ2) is 4.82. The molecule has 0 aromatic heterocycles. The number of nitrogens with one attached hydrogen (secondary N) is 1. The van der Waals surface area contributed by atoms with Gasteiger partial charge in [0.2, 0.25) is 5.90 Å². The van der Waals surface area contributed by atoms with Crippen LogP contribution in [0.25, 0.3) is 0 Å². The van der Waals surface area contributed by atoms with Crippen molar-refractivity contribution >= 4 is 11.6 Å². The summed E-state index contributed by atoms with van der Waals surface area (Å²) in [5.41, 5.74) is -3.82. The molecule has 1 aromatic carbocycles. The monoisotopic (exact) mass is 333 g/mol. The molecule has 1 saturated heterocycles. The Labute approximate surface area is 145 Å². The molecule has 1 aromatic rings. The highest BCUT2D eigenvalue weighted by Crippen LogP contribution is 2.87. The van der Waals surface area contributed by atoms with Crippen molar-refractivity contribution in [2.45, 2.75) is 26.6 Å². The maximum atomic E-state index is 9.79. The van der Waals surface area contributed by atoms with Crippen LogP contribution >= 0.6 is 0 Å². The first-order chi connectivity index (χ1) is 11.8. The normalized spacial score (nSPS) is 33.7. The van der Waals surface area contributed by atoms with Gasteiger partial charge in [-0.05, 0) is 20.8 Å². The van der Waals surface area contributed by atoms with Gasteiger partial charge in [-0.25, -0.2) is 0 Å². The predicted octanol–water partition coefficient (Wildman–Crippen LogP) is 2.82. The fraction of sp³-hybridized carbons (Fsp3) is 0.389. The summed E-state index contributed by atoms with van der Waals surface area (Å²) >= 11 is 0. The number of hydrogen-bond donors (Lipinski definition) is 1. The third kappa shape index (κ3) is 1.44. The molecule has 0 bridgehead atoms. The van der Waals surface area contributed by atoms with Crippen molar-refractivity contribution in [1.29, 1.82) is 21.2 Å². The van der Waals surface area contributed by atoms with Gasteiger partial charge in [-0.3, -0.25) is 5.41 Å². The number of hydrogen-bond acceptors (Lipinski definition) is 7. The summed E-state index contributed by atoms with van der Waals surface area (Å²) in [6.07, 6.45) is 0. The molecule has 124 valence electrons. The Morgan fingerprint density at radius 2 is 1.72 bits per heavy atom. The largest absolute Gasteiger partial charge is 0.431 e. The van der Waals surface area contributed by atoms with E-state index in [0.717, 1.165) is 0 Å². The van der Waals surface area contributed by atoms with Crippen LogP contribution < -0.4 is 0 Å². The first-order valence-electron chi connectivity index (χ1n) is 7.60. The van der Waals surface area contributed by atoms with Crippen molar-refractivity contribution in [2.75, 3.05) is 0 Å². The zero-order valence-electron chi connectivity index (χ0n) is 14.0. The van der Waals surface area contributed by atoms with Crippen LogP contribution in [-0.4, -0.2) is 11.6 Å². The maximum Gasteiger partial charge on any atom is 0.313 e. The molecule has 3 rings (SSSR count). The Bertz CT molecular complexity index is 902. The van der Waals surface area contributed by atoms with Crippen LogP contribution in [0, 0.1) is 55.6 Å². The molecule has 0 spiro atoms. The van der Waals surface area contributed by atoms with E-state index < -0.39 is 27.9 Å². The van der Waals surface area contributed by atoms with Crippen LogP contribution in [0.2, 0.25) is 0 Å². The lowest BCUT2D eigenvalue weighted by Gasteiger charge is -2.34.